The molecule has 1 aliphatic heterocycles. The zero-order chi connectivity index (χ0) is 24.7. The molecule has 0 saturated heterocycles. The van der Waals surface area contributed by atoms with E-state index >= 15 is 0 Å². The third-order valence-corrected chi connectivity index (χ3v) is 5.32. The quantitative estimate of drug-likeness (QED) is 0.210. The Balaban J connectivity index is 2.17. The molecule has 13 nitrogen and oxygen atoms in total. The molecule has 3 heterocycles. The number of aromatic hydroxyl groups is 1. The Labute approximate surface area is 188 Å². The minimum absolute atomic E-state index is 0.000101. The molecule has 1 aromatic carbocycles. The molecule has 1 atom stereocenters. The molecule has 174 valence electrons. The van der Waals surface area contributed by atoms with Crippen molar-refractivity contribution in [2.45, 2.75) is 19.0 Å². The van der Waals surface area contributed by atoms with Gasteiger partial charge in [0.05, 0.1) is 22.0 Å². The summed E-state index contributed by atoms with van der Waals surface area (Å²) in [6.45, 7) is 6.64. The lowest BCUT2D eigenvalue weighted by molar-refractivity contribution is -0.384. The second-order valence-electron chi connectivity index (χ2n) is 7.29. The molecule has 0 bridgehead atoms. The Morgan fingerprint density at radius 2 is 1.71 bits per heavy atom. The maximum atomic E-state index is 13.3. The summed E-state index contributed by atoms with van der Waals surface area (Å²) in [6, 6.07) is 3.47. The molecule has 0 aliphatic carbocycles. The van der Waals surface area contributed by atoms with E-state index in [1.54, 1.807) is 0 Å². The Hall–Kier alpha value is -4.94. The topological polar surface area (TPSA) is 182 Å². The first-order valence-corrected chi connectivity index (χ1v) is 9.80. The van der Waals surface area contributed by atoms with E-state index in [4.69, 9.17) is 4.74 Å². The minimum atomic E-state index is -1.43. The molecule has 2 aromatic heterocycles. The molecule has 0 radical (unpaired) electrons. The van der Waals surface area contributed by atoms with Crippen LogP contribution in [0.2, 0.25) is 0 Å². The number of allylic oxidation sites excluding steroid dienone is 2. The molecule has 3 aromatic rings. The minimum Gasteiger partial charge on any atom is -0.494 e. The monoisotopic (exact) mass is 467 g/mol. The van der Waals surface area contributed by atoms with Crippen LogP contribution < -0.4 is 27.2 Å². The second-order valence-corrected chi connectivity index (χ2v) is 7.29. The Bertz CT molecular complexity index is 1610. The summed E-state index contributed by atoms with van der Waals surface area (Å²) in [5, 5.41) is 22.3. The second kappa shape index (κ2) is 8.20. The highest BCUT2D eigenvalue weighted by Crippen LogP contribution is 2.46. The summed E-state index contributed by atoms with van der Waals surface area (Å²) in [5.74, 6) is -2.51. The molecule has 0 amide bonds. The Morgan fingerprint density at radius 3 is 2.35 bits per heavy atom. The maximum absolute atomic E-state index is 13.3. The number of nitrogens with zero attached hydrogens (tertiary/aromatic N) is 3. The van der Waals surface area contributed by atoms with Gasteiger partial charge in [0.1, 0.15) is 5.75 Å². The van der Waals surface area contributed by atoms with E-state index in [9.17, 15) is 34.4 Å². The third kappa shape index (κ3) is 3.35. The van der Waals surface area contributed by atoms with E-state index in [0.717, 1.165) is 21.3 Å². The number of hydrogen-bond acceptors (Lipinski definition) is 8. The van der Waals surface area contributed by atoms with Crippen LogP contribution in [-0.4, -0.2) is 29.1 Å². The van der Waals surface area contributed by atoms with Crippen LogP contribution in [-0.2, 0) is 13.1 Å². The molecule has 1 aliphatic rings. The summed E-state index contributed by atoms with van der Waals surface area (Å²) in [7, 11) is 0. The molecule has 3 N–H and O–H groups in total. The summed E-state index contributed by atoms with van der Waals surface area (Å²) in [4.78, 5) is 66.1. The summed E-state index contributed by atoms with van der Waals surface area (Å²) in [5.41, 5.74) is -4.73. The van der Waals surface area contributed by atoms with Crippen molar-refractivity contribution in [3.63, 3.8) is 0 Å². The van der Waals surface area contributed by atoms with Gasteiger partial charge >= 0.3 is 11.4 Å². The van der Waals surface area contributed by atoms with Crippen LogP contribution in [0.3, 0.4) is 0 Å². The molecule has 0 spiro atoms. The summed E-state index contributed by atoms with van der Waals surface area (Å²) < 4.78 is 7.24. The highest BCUT2D eigenvalue weighted by molar-refractivity contribution is 5.59. The summed E-state index contributed by atoms with van der Waals surface area (Å²) in [6.07, 6.45) is 2.60. The van der Waals surface area contributed by atoms with Crippen LogP contribution in [0.5, 0.6) is 17.5 Å². The zero-order valence-corrected chi connectivity index (χ0v) is 17.4. The van der Waals surface area contributed by atoms with Crippen molar-refractivity contribution in [3.05, 3.63) is 112 Å². The molecule has 13 heteroatoms. The highest BCUT2D eigenvalue weighted by Gasteiger charge is 2.38. The van der Waals surface area contributed by atoms with E-state index in [1.165, 1.54) is 18.2 Å². The maximum Gasteiger partial charge on any atom is 0.331 e. The number of aromatic amines is 2. The zero-order valence-electron chi connectivity index (χ0n) is 17.4. The molecule has 4 rings (SSSR count). The first kappa shape index (κ1) is 22.3. The van der Waals surface area contributed by atoms with Gasteiger partial charge in [-0.05, 0) is 6.07 Å². The van der Waals surface area contributed by atoms with Gasteiger partial charge in [-0.25, -0.2) is 9.59 Å². The van der Waals surface area contributed by atoms with Gasteiger partial charge < -0.3 is 9.84 Å². The smallest absolute Gasteiger partial charge is 0.331 e. The predicted octanol–water partition coefficient (Wildman–Crippen LogP) is 0.658. The van der Waals surface area contributed by atoms with Crippen LogP contribution in [0.25, 0.3) is 0 Å². The van der Waals surface area contributed by atoms with Crippen molar-refractivity contribution in [2.24, 2.45) is 0 Å². The lowest BCUT2D eigenvalue weighted by atomic mass is 9.84. The Morgan fingerprint density at radius 1 is 1.06 bits per heavy atom. The lowest BCUT2D eigenvalue weighted by Gasteiger charge is -2.27. The molecule has 0 unspecified atom stereocenters. The number of ether oxygens (including phenoxy) is 1. The van der Waals surface area contributed by atoms with Crippen molar-refractivity contribution in [1.29, 1.82) is 0 Å². The standard InChI is InChI=1S/C21H17N5O8/c1-3-7-24-18(28)14(16(27)22-20(24)30)13-11-9-10(26(32)33)5-6-12(11)34-17-15(13)19(29)25(8-4-2)21(31)23-17/h3-6,9,13,28H,1-2,7-8H2,(H,23,31)(H,22,27,30)/t13-/m0/s1. The molecular weight excluding hydrogens is 450 g/mol. The molecule has 0 saturated carbocycles. The van der Waals surface area contributed by atoms with Gasteiger partial charge in [-0.1, -0.05) is 12.2 Å². The number of nitro groups is 1. The third-order valence-electron chi connectivity index (χ3n) is 5.32. The number of aromatic nitrogens is 4. The fourth-order valence-corrected chi connectivity index (χ4v) is 3.86. The van der Waals surface area contributed by atoms with E-state index in [-0.39, 0.29) is 41.5 Å². The fourth-order valence-electron chi connectivity index (χ4n) is 3.86. The van der Waals surface area contributed by atoms with Gasteiger partial charge in [0.2, 0.25) is 11.8 Å². The van der Waals surface area contributed by atoms with Gasteiger partial charge in [0.15, 0.2) is 0 Å². The van der Waals surface area contributed by atoms with E-state index in [2.05, 4.69) is 23.1 Å². The number of nitrogens with one attached hydrogen (secondary N) is 2. The summed E-state index contributed by atoms with van der Waals surface area (Å²) >= 11 is 0. The number of fused-ring (bicyclic) bond motifs is 2. The largest absolute Gasteiger partial charge is 0.494 e. The molecule has 0 fully saturated rings. The number of benzene rings is 1. The van der Waals surface area contributed by atoms with Crippen molar-refractivity contribution in [1.82, 2.24) is 19.1 Å². The number of hydrogen-bond donors (Lipinski definition) is 3. The van der Waals surface area contributed by atoms with E-state index < -0.39 is 44.8 Å². The first-order chi connectivity index (χ1) is 16.2. The van der Waals surface area contributed by atoms with Crippen LogP contribution in [0.15, 0.2) is 62.7 Å². The fraction of sp³-hybridized carbons (Fsp3) is 0.143. The number of H-pyrrole nitrogens is 2. The number of non-ortho nitro benzene ring substituents is 1. The molecule has 34 heavy (non-hydrogen) atoms. The Kier molecular flexibility index (Phi) is 5.37. The van der Waals surface area contributed by atoms with Crippen LogP contribution in [0, 0.1) is 10.1 Å². The predicted molar refractivity (Wildman–Crippen MR) is 119 cm³/mol. The highest BCUT2D eigenvalue weighted by atomic mass is 16.6. The van der Waals surface area contributed by atoms with Gasteiger partial charge in [-0.3, -0.25) is 38.8 Å². The number of nitro benzene ring substituents is 1. The van der Waals surface area contributed by atoms with Crippen LogP contribution >= 0.6 is 0 Å². The lowest BCUT2D eigenvalue weighted by Crippen LogP contribution is -2.41. The van der Waals surface area contributed by atoms with Crippen molar-refractivity contribution in [2.75, 3.05) is 0 Å². The van der Waals surface area contributed by atoms with E-state index in [0.29, 0.717) is 0 Å². The van der Waals surface area contributed by atoms with E-state index in [1.807, 2.05) is 0 Å². The van der Waals surface area contributed by atoms with Crippen LogP contribution in [0.1, 0.15) is 22.6 Å². The first-order valence-electron chi connectivity index (χ1n) is 9.80. The average molecular weight is 467 g/mol. The van der Waals surface area contributed by atoms with Crippen molar-refractivity contribution in [3.8, 4) is 17.5 Å². The van der Waals surface area contributed by atoms with Gasteiger partial charge in [-0.15, -0.1) is 13.2 Å². The van der Waals surface area contributed by atoms with Gasteiger partial charge in [0, 0.05) is 30.8 Å². The SMILES string of the molecule is C=CCn1c(O)c([C@@H]2c3cc([N+](=O)[O-])ccc3Oc3[nH]c(=O)n(CC=C)c(=O)c32)c(=O)[nH]c1=O. The number of rotatable bonds is 6. The normalized spacial score (nSPS) is 13.9. The van der Waals surface area contributed by atoms with Crippen molar-refractivity contribution < 1.29 is 14.8 Å². The molecular formula is C21H17N5O8. The van der Waals surface area contributed by atoms with Crippen molar-refractivity contribution >= 4 is 5.69 Å². The van der Waals surface area contributed by atoms with Crippen LogP contribution in [0.4, 0.5) is 5.69 Å². The van der Waals surface area contributed by atoms with Gasteiger partial charge in [0.25, 0.3) is 16.8 Å². The average Bonchev–Trinajstić information content (AvgIpc) is 2.78. The van der Waals surface area contributed by atoms with Gasteiger partial charge in [-0.2, -0.15) is 0 Å².